The highest BCUT2D eigenvalue weighted by Crippen LogP contribution is 2.41. The van der Waals surface area contributed by atoms with Crippen LogP contribution in [0.5, 0.6) is 5.75 Å². The molecule has 0 aliphatic rings. The highest BCUT2D eigenvalue weighted by molar-refractivity contribution is 7.88. The van der Waals surface area contributed by atoms with Crippen molar-refractivity contribution in [3.8, 4) is 17.1 Å². The van der Waals surface area contributed by atoms with Crippen LogP contribution < -0.4 is 9.29 Å². The molecule has 0 atom stereocenters. The zero-order valence-corrected chi connectivity index (χ0v) is 14.9. The van der Waals surface area contributed by atoms with Crippen molar-refractivity contribution >= 4 is 32.7 Å². The van der Waals surface area contributed by atoms with E-state index in [2.05, 4.69) is 4.18 Å². The molecular weight excluding hydrogens is 442 g/mol. The third-order valence-electron chi connectivity index (χ3n) is 3.74. The SMILES string of the molecule is O=C([O-])c1c(-c2cccc(F)c2)oc2cc([N+](=O)[O-])c(OS(=O)(=O)C(F)(F)F)cc12. The second-order valence-corrected chi connectivity index (χ2v) is 7.20. The predicted molar refractivity (Wildman–Crippen MR) is 88.2 cm³/mol. The molecule has 1 aromatic heterocycles. The molecule has 0 aliphatic heterocycles. The normalized spacial score (nSPS) is 12.1. The highest BCUT2D eigenvalue weighted by Gasteiger charge is 2.49. The van der Waals surface area contributed by atoms with Crippen LogP contribution in [0.25, 0.3) is 22.3 Å². The van der Waals surface area contributed by atoms with Gasteiger partial charge in [-0.1, -0.05) is 12.1 Å². The fourth-order valence-corrected chi connectivity index (χ4v) is 2.99. The Morgan fingerprint density at radius 2 is 1.83 bits per heavy atom. The van der Waals surface area contributed by atoms with Gasteiger partial charge in [-0.05, 0) is 12.1 Å². The molecule has 158 valence electrons. The minimum atomic E-state index is -6.31. The van der Waals surface area contributed by atoms with Crippen LogP contribution in [0.4, 0.5) is 23.2 Å². The topological polar surface area (TPSA) is 140 Å². The second kappa shape index (κ2) is 6.98. The van der Waals surface area contributed by atoms with Crippen LogP contribution in [0.2, 0.25) is 0 Å². The summed E-state index contributed by atoms with van der Waals surface area (Å²) in [4.78, 5) is 21.5. The number of carbonyl (C=O) groups is 1. The molecule has 0 amide bonds. The maximum Gasteiger partial charge on any atom is 0.534 e. The van der Waals surface area contributed by atoms with E-state index in [1.165, 1.54) is 12.1 Å². The summed E-state index contributed by atoms with van der Waals surface area (Å²) in [5.41, 5.74) is -8.61. The molecule has 0 N–H and O–H groups in total. The Morgan fingerprint density at radius 1 is 1.17 bits per heavy atom. The van der Waals surface area contributed by atoms with Crippen LogP contribution in [-0.2, 0) is 10.1 Å². The zero-order valence-electron chi connectivity index (χ0n) is 14.1. The van der Waals surface area contributed by atoms with Gasteiger partial charge < -0.3 is 18.5 Å². The van der Waals surface area contributed by atoms with E-state index in [0.29, 0.717) is 12.1 Å². The van der Waals surface area contributed by atoms with Gasteiger partial charge in [0.25, 0.3) is 0 Å². The molecule has 2 aromatic carbocycles. The molecule has 0 saturated carbocycles. The summed E-state index contributed by atoms with van der Waals surface area (Å²) >= 11 is 0. The number of benzene rings is 2. The number of nitro groups is 1. The Morgan fingerprint density at radius 3 is 2.37 bits per heavy atom. The highest BCUT2D eigenvalue weighted by atomic mass is 32.2. The van der Waals surface area contributed by atoms with Crippen molar-refractivity contribution in [2.45, 2.75) is 5.51 Å². The minimum absolute atomic E-state index is 0.126. The molecule has 0 bridgehead atoms. The van der Waals surface area contributed by atoms with Crippen molar-refractivity contribution < 1.29 is 49.4 Å². The first kappa shape index (κ1) is 21.0. The molecule has 3 aromatic rings. The number of halogens is 4. The Bertz CT molecular complexity index is 1300. The third-order valence-corrected chi connectivity index (χ3v) is 4.71. The standard InChI is InChI=1S/C16H7F4NO8S/c17-8-3-1-2-7(4-8)14-13(15(22)23)9-5-12(29-30(26,27)16(18,19)20)10(21(24)25)6-11(9)28-14/h1-6H,(H,22,23)/p-1. The van der Waals surface area contributed by atoms with Crippen molar-refractivity contribution in [3.05, 3.63) is 57.9 Å². The summed E-state index contributed by atoms with van der Waals surface area (Å²) in [7, 11) is -6.31. The Kier molecular flexibility index (Phi) is 4.90. The first-order valence-corrected chi connectivity index (χ1v) is 8.95. The number of aromatic carboxylic acids is 1. The number of nitrogens with zero attached hydrogens (tertiary/aromatic N) is 1. The Hall–Kier alpha value is -3.68. The number of carbonyl (C=O) groups excluding carboxylic acids is 1. The van der Waals surface area contributed by atoms with E-state index in [-0.39, 0.29) is 5.56 Å². The molecule has 14 heteroatoms. The molecule has 3 rings (SSSR count). The van der Waals surface area contributed by atoms with Gasteiger partial charge in [0.2, 0.25) is 5.75 Å². The zero-order chi connectivity index (χ0) is 22.4. The third kappa shape index (κ3) is 3.63. The molecule has 0 radical (unpaired) electrons. The molecule has 1 heterocycles. The molecule has 9 nitrogen and oxygen atoms in total. The predicted octanol–water partition coefficient (Wildman–Crippen LogP) is 2.74. The van der Waals surface area contributed by atoms with E-state index in [1.807, 2.05) is 0 Å². The van der Waals surface area contributed by atoms with E-state index in [0.717, 1.165) is 12.1 Å². The number of carboxylic acids is 1. The van der Waals surface area contributed by atoms with Crippen molar-refractivity contribution in [1.82, 2.24) is 0 Å². The lowest BCUT2D eigenvalue weighted by molar-refractivity contribution is -0.385. The number of furan rings is 1. The van der Waals surface area contributed by atoms with Gasteiger partial charge >= 0.3 is 21.3 Å². The van der Waals surface area contributed by atoms with Gasteiger partial charge in [-0.15, -0.1) is 0 Å². The lowest BCUT2D eigenvalue weighted by Crippen LogP contribution is -2.28. The van der Waals surface area contributed by atoms with Crippen LogP contribution in [0.15, 0.2) is 40.8 Å². The van der Waals surface area contributed by atoms with Crippen molar-refractivity contribution in [2.24, 2.45) is 0 Å². The maximum atomic E-state index is 13.5. The first-order valence-electron chi connectivity index (χ1n) is 7.55. The summed E-state index contributed by atoms with van der Waals surface area (Å²) in [5, 5.41) is 22.2. The van der Waals surface area contributed by atoms with Gasteiger partial charge in [0.15, 0.2) is 0 Å². The van der Waals surface area contributed by atoms with E-state index in [1.54, 1.807) is 0 Å². The number of hydrogen-bond acceptors (Lipinski definition) is 8. The second-order valence-electron chi connectivity index (χ2n) is 5.66. The first-order chi connectivity index (χ1) is 13.8. The van der Waals surface area contributed by atoms with E-state index in [9.17, 15) is 46.0 Å². The monoisotopic (exact) mass is 448 g/mol. The Labute approximate surface area is 163 Å². The van der Waals surface area contributed by atoms with Crippen molar-refractivity contribution in [1.29, 1.82) is 0 Å². The van der Waals surface area contributed by atoms with Crippen LogP contribution in [0, 0.1) is 15.9 Å². The van der Waals surface area contributed by atoms with Crippen molar-refractivity contribution in [2.75, 3.05) is 0 Å². The number of rotatable bonds is 5. The average molecular weight is 448 g/mol. The molecule has 0 spiro atoms. The van der Waals surface area contributed by atoms with Gasteiger partial charge in [-0.3, -0.25) is 10.1 Å². The number of hydrogen-bond donors (Lipinski definition) is 0. The molecule has 0 saturated heterocycles. The van der Waals surface area contributed by atoms with Gasteiger partial charge in [0.05, 0.1) is 22.5 Å². The Balaban J connectivity index is 2.32. The fourth-order valence-electron chi connectivity index (χ4n) is 2.52. The number of fused-ring (bicyclic) bond motifs is 1. The maximum absolute atomic E-state index is 13.5. The van der Waals surface area contributed by atoms with Crippen LogP contribution in [0.1, 0.15) is 10.4 Å². The van der Waals surface area contributed by atoms with Crippen LogP contribution >= 0.6 is 0 Å². The summed E-state index contributed by atoms with van der Waals surface area (Å²) < 4.78 is 82.8. The lowest BCUT2D eigenvalue weighted by Gasteiger charge is -2.10. The van der Waals surface area contributed by atoms with Gasteiger partial charge in [0, 0.05) is 17.0 Å². The molecule has 30 heavy (non-hydrogen) atoms. The van der Waals surface area contributed by atoms with Gasteiger partial charge in [-0.25, -0.2) is 4.39 Å². The molecule has 0 fully saturated rings. The number of carboxylic acid groups (broad SMARTS) is 1. The smallest absolute Gasteiger partial charge is 0.534 e. The fraction of sp³-hybridized carbons (Fsp3) is 0.0625. The minimum Gasteiger partial charge on any atom is -0.545 e. The summed E-state index contributed by atoms with van der Waals surface area (Å²) in [5.74, 6) is -4.64. The van der Waals surface area contributed by atoms with E-state index >= 15 is 0 Å². The van der Waals surface area contributed by atoms with Gasteiger partial charge in [-0.2, -0.15) is 21.6 Å². The number of alkyl halides is 3. The summed E-state index contributed by atoms with van der Waals surface area (Å²) in [6.07, 6.45) is 0. The quantitative estimate of drug-likeness (QED) is 0.191. The molecular formula is C16H6F4NO8S-. The lowest BCUT2D eigenvalue weighted by atomic mass is 10.0. The van der Waals surface area contributed by atoms with E-state index in [4.69, 9.17) is 4.42 Å². The van der Waals surface area contributed by atoms with Gasteiger partial charge in [0.1, 0.15) is 17.2 Å². The van der Waals surface area contributed by atoms with Crippen molar-refractivity contribution in [3.63, 3.8) is 0 Å². The summed E-state index contributed by atoms with van der Waals surface area (Å²) in [6, 6.07) is 5.19. The van der Waals surface area contributed by atoms with Crippen LogP contribution in [-0.4, -0.2) is 24.8 Å². The summed E-state index contributed by atoms with van der Waals surface area (Å²) in [6.45, 7) is 0. The van der Waals surface area contributed by atoms with Crippen LogP contribution in [0.3, 0.4) is 0 Å². The molecule has 0 aliphatic carbocycles. The molecule has 0 unspecified atom stereocenters. The van der Waals surface area contributed by atoms with E-state index < -0.39 is 66.1 Å². The largest absolute Gasteiger partial charge is 0.545 e. The average Bonchev–Trinajstić information content (AvgIpc) is 2.98. The number of nitro benzene ring substituents is 1.